The predicted molar refractivity (Wildman–Crippen MR) is 66.6 cm³/mol. The van der Waals surface area contributed by atoms with Gasteiger partial charge in [0.15, 0.2) is 0 Å². The Morgan fingerprint density at radius 1 is 1.53 bits per heavy atom. The number of ether oxygens (including phenoxy) is 1. The summed E-state index contributed by atoms with van der Waals surface area (Å²) in [7, 11) is 0. The fraction of sp³-hybridized carbons (Fsp3) is 0.923. The van der Waals surface area contributed by atoms with Crippen LogP contribution in [0.2, 0.25) is 0 Å². The Morgan fingerprint density at radius 3 is 2.88 bits per heavy atom. The van der Waals surface area contributed by atoms with Crippen molar-refractivity contribution in [3.63, 3.8) is 0 Å². The largest absolute Gasteiger partial charge is 0.376 e. The van der Waals surface area contributed by atoms with Gasteiger partial charge in [0.1, 0.15) is 5.54 Å². The Kier molecular flexibility index (Phi) is 4.03. The van der Waals surface area contributed by atoms with Crippen LogP contribution >= 0.6 is 0 Å². The zero-order valence-electron chi connectivity index (χ0n) is 10.9. The number of nitrogens with zero attached hydrogens (tertiary/aromatic N) is 2. The minimum Gasteiger partial charge on any atom is -0.376 e. The molecule has 1 N–H and O–H groups in total. The lowest BCUT2D eigenvalue weighted by atomic mass is 9.99. The first-order chi connectivity index (χ1) is 8.11. The van der Waals surface area contributed by atoms with Gasteiger partial charge in [-0.2, -0.15) is 5.26 Å². The van der Waals surface area contributed by atoms with E-state index in [4.69, 9.17) is 4.74 Å². The molecule has 1 saturated heterocycles. The minimum absolute atomic E-state index is 0.327. The first-order valence-electron chi connectivity index (χ1n) is 6.64. The molecule has 96 valence electrons. The topological polar surface area (TPSA) is 48.3 Å². The van der Waals surface area contributed by atoms with Crippen molar-refractivity contribution in [3.8, 4) is 6.07 Å². The van der Waals surface area contributed by atoms with Gasteiger partial charge in [-0.1, -0.05) is 0 Å². The summed E-state index contributed by atoms with van der Waals surface area (Å²) in [6.07, 6.45) is 3.68. The van der Waals surface area contributed by atoms with E-state index < -0.39 is 0 Å². The van der Waals surface area contributed by atoms with Crippen LogP contribution in [-0.2, 0) is 4.74 Å². The van der Waals surface area contributed by atoms with Gasteiger partial charge in [-0.05, 0) is 33.1 Å². The second-order valence-electron chi connectivity index (χ2n) is 5.59. The van der Waals surface area contributed by atoms with Crippen molar-refractivity contribution in [2.75, 3.05) is 26.2 Å². The van der Waals surface area contributed by atoms with Gasteiger partial charge < -0.3 is 4.74 Å². The summed E-state index contributed by atoms with van der Waals surface area (Å²) in [6.45, 7) is 7.92. The van der Waals surface area contributed by atoms with Gasteiger partial charge in [0.05, 0.1) is 18.8 Å². The Labute approximate surface area is 104 Å². The van der Waals surface area contributed by atoms with Crippen LogP contribution in [0.1, 0.15) is 33.1 Å². The molecule has 4 heteroatoms. The van der Waals surface area contributed by atoms with E-state index in [-0.39, 0.29) is 5.54 Å². The lowest BCUT2D eigenvalue weighted by Crippen LogP contribution is -2.47. The van der Waals surface area contributed by atoms with Gasteiger partial charge >= 0.3 is 0 Å². The number of nitrogens with one attached hydrogen (secondary N) is 1. The smallest absolute Gasteiger partial charge is 0.105 e. The summed E-state index contributed by atoms with van der Waals surface area (Å²) in [4.78, 5) is 2.40. The molecule has 1 saturated carbocycles. The molecular weight excluding hydrogens is 214 g/mol. The highest BCUT2D eigenvalue weighted by atomic mass is 16.5. The maximum Gasteiger partial charge on any atom is 0.105 e. The van der Waals surface area contributed by atoms with Crippen LogP contribution in [0.4, 0.5) is 0 Å². The van der Waals surface area contributed by atoms with Gasteiger partial charge in [-0.15, -0.1) is 0 Å². The van der Waals surface area contributed by atoms with Crippen LogP contribution in [0.15, 0.2) is 0 Å². The Morgan fingerprint density at radius 2 is 2.29 bits per heavy atom. The Bertz CT molecular complexity index is 298. The van der Waals surface area contributed by atoms with Crippen LogP contribution in [-0.4, -0.2) is 48.8 Å². The van der Waals surface area contributed by atoms with Crippen LogP contribution in [0.25, 0.3) is 0 Å². The zero-order valence-corrected chi connectivity index (χ0v) is 10.9. The number of hydrogen-bond acceptors (Lipinski definition) is 4. The van der Waals surface area contributed by atoms with E-state index in [0.29, 0.717) is 12.1 Å². The summed E-state index contributed by atoms with van der Waals surface area (Å²) in [5.41, 5.74) is -0.358. The first-order valence-corrected chi connectivity index (χ1v) is 6.64. The lowest BCUT2D eigenvalue weighted by Gasteiger charge is -2.33. The average Bonchev–Trinajstić information content (AvgIpc) is 3.11. The molecule has 17 heavy (non-hydrogen) atoms. The summed E-state index contributed by atoms with van der Waals surface area (Å²) < 4.78 is 5.52. The highest BCUT2D eigenvalue weighted by molar-refractivity contribution is 5.07. The highest BCUT2D eigenvalue weighted by Gasteiger charge is 2.32. The second kappa shape index (κ2) is 5.34. The summed E-state index contributed by atoms with van der Waals surface area (Å²) >= 11 is 0. The SMILES string of the molecule is CC1CN(CCC(C)(C#N)NC2CC2)CCO1. The van der Waals surface area contributed by atoms with Crippen molar-refractivity contribution in [2.24, 2.45) is 0 Å². The third-order valence-corrected chi connectivity index (χ3v) is 3.60. The van der Waals surface area contributed by atoms with Crippen LogP contribution < -0.4 is 5.32 Å². The summed E-state index contributed by atoms with van der Waals surface area (Å²) in [6, 6.07) is 3.02. The molecule has 2 aliphatic rings. The number of hydrogen-bond donors (Lipinski definition) is 1. The van der Waals surface area contributed by atoms with Crippen molar-refractivity contribution in [2.45, 2.75) is 50.8 Å². The molecule has 0 aromatic carbocycles. The molecule has 2 atom stereocenters. The lowest BCUT2D eigenvalue weighted by molar-refractivity contribution is -0.0198. The molecule has 0 spiro atoms. The molecule has 1 aliphatic carbocycles. The molecule has 2 rings (SSSR count). The van der Waals surface area contributed by atoms with E-state index >= 15 is 0 Å². The summed E-state index contributed by atoms with van der Waals surface area (Å²) in [5.74, 6) is 0. The third kappa shape index (κ3) is 3.95. The van der Waals surface area contributed by atoms with Gasteiger partial charge in [0, 0.05) is 25.7 Å². The van der Waals surface area contributed by atoms with Crippen molar-refractivity contribution in [3.05, 3.63) is 0 Å². The molecule has 2 fully saturated rings. The van der Waals surface area contributed by atoms with Crippen molar-refractivity contribution in [1.29, 1.82) is 5.26 Å². The van der Waals surface area contributed by atoms with Gasteiger partial charge in [-0.25, -0.2) is 0 Å². The van der Waals surface area contributed by atoms with E-state index in [0.717, 1.165) is 32.7 Å². The monoisotopic (exact) mass is 237 g/mol. The normalized spacial score (nSPS) is 29.6. The van der Waals surface area contributed by atoms with Crippen molar-refractivity contribution >= 4 is 0 Å². The Hall–Kier alpha value is -0.630. The minimum atomic E-state index is -0.358. The maximum absolute atomic E-state index is 9.29. The van der Waals surface area contributed by atoms with Gasteiger partial charge in [0.2, 0.25) is 0 Å². The van der Waals surface area contributed by atoms with Crippen LogP contribution in [0.3, 0.4) is 0 Å². The molecule has 1 aliphatic heterocycles. The third-order valence-electron chi connectivity index (χ3n) is 3.60. The predicted octanol–water partition coefficient (Wildman–Crippen LogP) is 1.13. The van der Waals surface area contributed by atoms with E-state index in [1.165, 1.54) is 12.8 Å². The van der Waals surface area contributed by atoms with Gasteiger partial charge in [-0.3, -0.25) is 10.2 Å². The van der Waals surface area contributed by atoms with Crippen LogP contribution in [0.5, 0.6) is 0 Å². The highest BCUT2D eigenvalue weighted by Crippen LogP contribution is 2.24. The molecule has 0 aromatic heterocycles. The van der Waals surface area contributed by atoms with E-state index in [9.17, 15) is 5.26 Å². The molecule has 0 aromatic rings. The van der Waals surface area contributed by atoms with Crippen LogP contribution in [0, 0.1) is 11.3 Å². The second-order valence-corrected chi connectivity index (χ2v) is 5.59. The van der Waals surface area contributed by atoms with E-state index in [1.807, 2.05) is 6.92 Å². The quantitative estimate of drug-likeness (QED) is 0.779. The average molecular weight is 237 g/mol. The van der Waals surface area contributed by atoms with Crippen molar-refractivity contribution in [1.82, 2.24) is 10.2 Å². The van der Waals surface area contributed by atoms with Crippen molar-refractivity contribution < 1.29 is 4.74 Å². The summed E-state index contributed by atoms with van der Waals surface area (Å²) in [5, 5.41) is 12.7. The first kappa shape index (κ1) is 12.8. The molecule has 0 amide bonds. The molecule has 2 unspecified atom stereocenters. The fourth-order valence-electron chi connectivity index (χ4n) is 2.31. The fourth-order valence-corrected chi connectivity index (χ4v) is 2.31. The van der Waals surface area contributed by atoms with E-state index in [1.54, 1.807) is 0 Å². The zero-order chi connectivity index (χ0) is 12.3. The standard InChI is InChI=1S/C13H23N3O/c1-11-9-16(7-8-17-11)6-5-13(2,10-14)15-12-3-4-12/h11-12,15H,3-9H2,1-2H3. The van der Waals surface area contributed by atoms with Gasteiger partial charge in [0.25, 0.3) is 0 Å². The number of nitriles is 1. The molecule has 0 radical (unpaired) electrons. The number of rotatable bonds is 5. The number of morpholine rings is 1. The molecule has 0 bridgehead atoms. The molecule has 1 heterocycles. The molecule has 4 nitrogen and oxygen atoms in total. The Balaban J connectivity index is 1.76. The maximum atomic E-state index is 9.29. The molecular formula is C13H23N3O. The van der Waals surface area contributed by atoms with E-state index in [2.05, 4.69) is 23.2 Å².